The third-order valence-corrected chi connectivity index (χ3v) is 3.05. The van der Waals surface area contributed by atoms with E-state index < -0.39 is 0 Å². The first kappa shape index (κ1) is 15.9. The second-order valence-corrected chi connectivity index (χ2v) is 6.14. The van der Waals surface area contributed by atoms with Gasteiger partial charge >= 0.3 is 0 Å². The number of amides is 1. The summed E-state index contributed by atoms with van der Waals surface area (Å²) < 4.78 is 0. The summed E-state index contributed by atoms with van der Waals surface area (Å²) in [7, 11) is 0. The van der Waals surface area contributed by atoms with Crippen molar-refractivity contribution in [2.24, 2.45) is 0 Å². The molecule has 0 aliphatic carbocycles. The van der Waals surface area contributed by atoms with Crippen LogP contribution >= 0.6 is 0 Å². The lowest BCUT2D eigenvalue weighted by Crippen LogP contribution is -2.41. The van der Waals surface area contributed by atoms with Crippen LogP contribution in [0, 0.1) is 0 Å². The number of aryl methyl sites for hydroxylation is 1. The molecule has 0 saturated heterocycles. The van der Waals surface area contributed by atoms with E-state index in [1.807, 2.05) is 39.0 Å². The summed E-state index contributed by atoms with van der Waals surface area (Å²) >= 11 is 0. The zero-order chi connectivity index (χ0) is 16.2. The molecule has 0 aliphatic rings. The smallest absolute Gasteiger partial charge is 0.272 e. The highest BCUT2D eigenvalue weighted by Gasteiger charge is 2.16. The summed E-state index contributed by atoms with van der Waals surface area (Å²) in [5, 5.41) is 14.2. The monoisotopic (exact) mass is 298 g/mol. The van der Waals surface area contributed by atoms with E-state index in [0.29, 0.717) is 11.5 Å². The predicted octanol–water partition coefficient (Wildman–Crippen LogP) is 3.31. The Morgan fingerprint density at radius 2 is 1.82 bits per heavy atom. The highest BCUT2D eigenvalue weighted by molar-refractivity contribution is 5.92. The Morgan fingerprint density at radius 1 is 1.09 bits per heavy atom. The molecule has 0 aliphatic heterocycles. The molecule has 1 amide bonds. The lowest BCUT2D eigenvalue weighted by Gasteiger charge is -2.19. The summed E-state index contributed by atoms with van der Waals surface area (Å²) in [6, 6.07) is 11.5. The number of hydrogen-bond acceptors (Lipinski definition) is 4. The van der Waals surface area contributed by atoms with Crippen molar-refractivity contribution in [3.8, 4) is 0 Å². The maximum absolute atomic E-state index is 12.0. The zero-order valence-electron chi connectivity index (χ0n) is 13.5. The average molecular weight is 298 g/mol. The van der Waals surface area contributed by atoms with Gasteiger partial charge in [-0.2, -0.15) is 0 Å². The number of nitrogens with one attached hydrogen (secondary N) is 2. The Labute approximate surface area is 131 Å². The molecular weight excluding hydrogens is 276 g/mol. The molecule has 0 spiro atoms. The second-order valence-electron chi connectivity index (χ2n) is 6.14. The number of hydrogen-bond donors (Lipinski definition) is 2. The van der Waals surface area contributed by atoms with Gasteiger partial charge in [0.05, 0.1) is 0 Å². The first-order valence-electron chi connectivity index (χ1n) is 7.40. The minimum absolute atomic E-state index is 0.222. The maximum atomic E-state index is 12.0. The number of rotatable bonds is 4. The Kier molecular flexibility index (Phi) is 4.75. The quantitative estimate of drug-likeness (QED) is 0.908. The summed E-state index contributed by atoms with van der Waals surface area (Å²) in [5.41, 5.74) is 2.23. The van der Waals surface area contributed by atoms with Crippen LogP contribution in [0.3, 0.4) is 0 Å². The van der Waals surface area contributed by atoms with Gasteiger partial charge in [0.25, 0.3) is 5.91 Å². The van der Waals surface area contributed by atoms with Crippen molar-refractivity contribution < 1.29 is 4.79 Å². The molecule has 116 valence electrons. The van der Waals surface area contributed by atoms with Crippen molar-refractivity contribution >= 4 is 17.4 Å². The summed E-state index contributed by atoms with van der Waals surface area (Å²) in [5.74, 6) is 0.397. The number of anilines is 2. The molecule has 5 nitrogen and oxygen atoms in total. The molecule has 1 aromatic carbocycles. The minimum atomic E-state index is -0.296. The van der Waals surface area contributed by atoms with Crippen LogP contribution in [0.2, 0.25) is 0 Å². The molecule has 2 N–H and O–H groups in total. The van der Waals surface area contributed by atoms with Crippen LogP contribution in [-0.2, 0) is 6.42 Å². The van der Waals surface area contributed by atoms with Crippen LogP contribution < -0.4 is 10.6 Å². The van der Waals surface area contributed by atoms with Crippen LogP contribution in [0.1, 0.15) is 43.7 Å². The van der Waals surface area contributed by atoms with E-state index in [9.17, 15) is 4.79 Å². The van der Waals surface area contributed by atoms with Crippen LogP contribution in [0.15, 0.2) is 36.4 Å². The SMILES string of the molecule is CCc1ccccc1Nc1ccc(C(=O)NC(C)(C)C)nn1. The fourth-order valence-corrected chi connectivity index (χ4v) is 2.01. The van der Waals surface area contributed by atoms with Gasteiger partial charge in [0.15, 0.2) is 11.5 Å². The maximum Gasteiger partial charge on any atom is 0.272 e. The first-order valence-corrected chi connectivity index (χ1v) is 7.40. The Hall–Kier alpha value is -2.43. The van der Waals surface area contributed by atoms with Gasteiger partial charge in [-0.25, -0.2) is 0 Å². The van der Waals surface area contributed by atoms with Gasteiger partial charge in [0.1, 0.15) is 0 Å². The first-order chi connectivity index (χ1) is 10.4. The van der Waals surface area contributed by atoms with E-state index in [1.54, 1.807) is 12.1 Å². The largest absolute Gasteiger partial charge is 0.346 e. The molecular formula is C17H22N4O. The Bertz CT molecular complexity index is 644. The molecule has 0 unspecified atom stereocenters. The van der Waals surface area contributed by atoms with Gasteiger partial charge in [0, 0.05) is 11.2 Å². The zero-order valence-corrected chi connectivity index (χ0v) is 13.5. The lowest BCUT2D eigenvalue weighted by atomic mass is 10.1. The topological polar surface area (TPSA) is 66.9 Å². The molecule has 0 bridgehead atoms. The van der Waals surface area contributed by atoms with Gasteiger partial charge in [-0.15, -0.1) is 10.2 Å². The number of nitrogens with zero attached hydrogens (tertiary/aromatic N) is 2. The summed E-state index contributed by atoms with van der Waals surface area (Å²) in [6.45, 7) is 7.88. The second kappa shape index (κ2) is 6.56. The third kappa shape index (κ3) is 4.28. The summed E-state index contributed by atoms with van der Waals surface area (Å²) in [6.07, 6.45) is 0.933. The normalized spacial score (nSPS) is 11.1. The van der Waals surface area contributed by atoms with Crippen molar-refractivity contribution in [3.05, 3.63) is 47.7 Å². The molecule has 2 rings (SSSR count). The molecule has 2 aromatic rings. The molecule has 0 fully saturated rings. The predicted molar refractivity (Wildman–Crippen MR) is 88.4 cm³/mol. The van der Waals surface area contributed by atoms with Gasteiger partial charge in [-0.3, -0.25) is 4.79 Å². The highest BCUT2D eigenvalue weighted by Crippen LogP contribution is 2.19. The van der Waals surface area contributed by atoms with Crippen molar-refractivity contribution in [2.45, 2.75) is 39.7 Å². The van der Waals surface area contributed by atoms with E-state index in [-0.39, 0.29) is 11.4 Å². The van der Waals surface area contributed by atoms with Crippen LogP contribution in [0.4, 0.5) is 11.5 Å². The molecule has 0 radical (unpaired) electrons. The van der Waals surface area contributed by atoms with Crippen LogP contribution in [0.5, 0.6) is 0 Å². The van der Waals surface area contributed by atoms with Crippen molar-refractivity contribution in [3.63, 3.8) is 0 Å². The van der Waals surface area contributed by atoms with Crippen LogP contribution in [0.25, 0.3) is 0 Å². The minimum Gasteiger partial charge on any atom is -0.346 e. The molecule has 5 heteroatoms. The van der Waals surface area contributed by atoms with E-state index in [1.165, 1.54) is 5.56 Å². The number of aromatic nitrogens is 2. The number of carbonyl (C=O) groups excluding carboxylic acids is 1. The molecule has 1 aromatic heterocycles. The lowest BCUT2D eigenvalue weighted by molar-refractivity contribution is 0.0913. The van der Waals surface area contributed by atoms with Crippen molar-refractivity contribution in [2.75, 3.05) is 5.32 Å². The fraction of sp³-hybridized carbons (Fsp3) is 0.353. The highest BCUT2D eigenvalue weighted by atomic mass is 16.2. The summed E-state index contributed by atoms with van der Waals surface area (Å²) in [4.78, 5) is 12.0. The van der Waals surface area contributed by atoms with Gasteiger partial charge in [-0.1, -0.05) is 25.1 Å². The van der Waals surface area contributed by atoms with E-state index >= 15 is 0 Å². The van der Waals surface area contributed by atoms with E-state index in [2.05, 4.69) is 33.8 Å². The van der Waals surface area contributed by atoms with Crippen molar-refractivity contribution in [1.29, 1.82) is 0 Å². The molecule has 0 saturated carbocycles. The number of para-hydroxylation sites is 1. The van der Waals surface area contributed by atoms with Crippen LogP contribution in [-0.4, -0.2) is 21.6 Å². The Morgan fingerprint density at radius 3 is 2.41 bits per heavy atom. The standard InChI is InChI=1S/C17H22N4O/c1-5-12-8-6-7-9-13(12)18-15-11-10-14(20-21-15)16(22)19-17(2,3)4/h6-11H,5H2,1-4H3,(H,18,21)(H,19,22). The molecule has 0 atom stereocenters. The van der Waals surface area contributed by atoms with Gasteiger partial charge < -0.3 is 10.6 Å². The van der Waals surface area contributed by atoms with Gasteiger partial charge in [0.2, 0.25) is 0 Å². The fourth-order valence-electron chi connectivity index (χ4n) is 2.01. The van der Waals surface area contributed by atoms with Crippen molar-refractivity contribution in [1.82, 2.24) is 15.5 Å². The third-order valence-electron chi connectivity index (χ3n) is 3.05. The van der Waals surface area contributed by atoms with E-state index in [4.69, 9.17) is 0 Å². The Balaban J connectivity index is 2.11. The van der Waals surface area contributed by atoms with E-state index in [0.717, 1.165) is 12.1 Å². The number of benzene rings is 1. The molecule has 1 heterocycles. The number of carbonyl (C=O) groups is 1. The molecule has 22 heavy (non-hydrogen) atoms. The van der Waals surface area contributed by atoms with Gasteiger partial charge in [-0.05, 0) is 51.0 Å². The average Bonchev–Trinajstić information content (AvgIpc) is 2.47.